The van der Waals surface area contributed by atoms with Crippen molar-refractivity contribution in [1.82, 2.24) is 10.2 Å². The lowest BCUT2D eigenvalue weighted by Gasteiger charge is -2.21. The van der Waals surface area contributed by atoms with Crippen LogP contribution in [0.15, 0.2) is 36.1 Å². The molecule has 1 aromatic heterocycles. The fourth-order valence-electron chi connectivity index (χ4n) is 2.36. The lowest BCUT2D eigenvalue weighted by atomic mass is 9.97. The molecule has 82 valence electrons. The van der Waals surface area contributed by atoms with Gasteiger partial charge in [0.1, 0.15) is 0 Å². The van der Waals surface area contributed by atoms with Gasteiger partial charge in [0.05, 0.1) is 0 Å². The number of nitrogens with zero attached hydrogens (tertiary/aromatic N) is 3. The molecule has 4 heteroatoms. The van der Waals surface area contributed by atoms with Crippen molar-refractivity contribution in [2.75, 3.05) is 11.4 Å². The summed E-state index contributed by atoms with van der Waals surface area (Å²) in [7, 11) is 0. The van der Waals surface area contributed by atoms with E-state index in [1.54, 1.807) is 6.07 Å². The Kier molecular flexibility index (Phi) is 2.40. The third kappa shape index (κ3) is 1.61. The average Bonchev–Trinajstić information content (AvgIpc) is 2.74. The van der Waals surface area contributed by atoms with Gasteiger partial charge in [-0.15, -0.1) is 10.2 Å². The Labute approximate surface area is 99.4 Å². The van der Waals surface area contributed by atoms with E-state index in [0.29, 0.717) is 11.1 Å². The molecule has 1 unspecified atom stereocenters. The third-order valence-electron chi connectivity index (χ3n) is 3.15. The third-order valence-corrected chi connectivity index (χ3v) is 3.35. The van der Waals surface area contributed by atoms with Crippen LogP contribution < -0.4 is 4.90 Å². The van der Waals surface area contributed by atoms with Crippen molar-refractivity contribution in [3.8, 4) is 0 Å². The molecule has 16 heavy (non-hydrogen) atoms. The Balaban J connectivity index is 1.93. The Morgan fingerprint density at radius 2 is 2.25 bits per heavy atom. The standard InChI is InChI=1S/C12H12ClN3/c13-11-5-6-12(15-14-11)16-8-7-9-3-1-2-4-10(9)16/h1-2,4-6,9H,3,7-8H2. The van der Waals surface area contributed by atoms with Crippen molar-refractivity contribution in [3.63, 3.8) is 0 Å². The maximum atomic E-state index is 5.74. The van der Waals surface area contributed by atoms with Gasteiger partial charge in [-0.1, -0.05) is 23.8 Å². The number of hydrogen-bond donors (Lipinski definition) is 0. The molecule has 0 N–H and O–H groups in total. The van der Waals surface area contributed by atoms with E-state index in [-0.39, 0.29) is 0 Å². The van der Waals surface area contributed by atoms with E-state index >= 15 is 0 Å². The summed E-state index contributed by atoms with van der Waals surface area (Å²) in [5, 5.41) is 8.46. The smallest absolute Gasteiger partial charge is 0.155 e. The molecule has 1 aromatic rings. The van der Waals surface area contributed by atoms with Crippen molar-refractivity contribution in [1.29, 1.82) is 0 Å². The number of fused-ring (bicyclic) bond motifs is 1. The van der Waals surface area contributed by atoms with Crippen molar-refractivity contribution in [3.05, 3.63) is 41.2 Å². The second kappa shape index (κ2) is 3.91. The summed E-state index contributed by atoms with van der Waals surface area (Å²) in [5.74, 6) is 1.55. The fraction of sp³-hybridized carbons (Fsp3) is 0.333. The van der Waals surface area contributed by atoms with E-state index in [4.69, 9.17) is 11.6 Å². The van der Waals surface area contributed by atoms with Gasteiger partial charge in [0, 0.05) is 18.2 Å². The molecular weight excluding hydrogens is 222 g/mol. The predicted octanol–water partition coefficient (Wildman–Crippen LogP) is 2.80. The molecule has 1 saturated heterocycles. The highest BCUT2D eigenvalue weighted by molar-refractivity contribution is 6.29. The summed E-state index contributed by atoms with van der Waals surface area (Å²) < 4.78 is 0. The Morgan fingerprint density at radius 1 is 1.31 bits per heavy atom. The molecule has 0 saturated carbocycles. The van der Waals surface area contributed by atoms with E-state index in [0.717, 1.165) is 18.8 Å². The van der Waals surface area contributed by atoms with Crippen molar-refractivity contribution >= 4 is 17.4 Å². The van der Waals surface area contributed by atoms with Crippen LogP contribution in [0.3, 0.4) is 0 Å². The van der Waals surface area contributed by atoms with E-state index in [9.17, 15) is 0 Å². The maximum Gasteiger partial charge on any atom is 0.155 e. The average molecular weight is 234 g/mol. The molecule has 0 radical (unpaired) electrons. The normalized spacial score (nSPS) is 23.2. The predicted molar refractivity (Wildman–Crippen MR) is 64.3 cm³/mol. The van der Waals surface area contributed by atoms with Crippen LogP contribution in [0, 0.1) is 5.92 Å². The van der Waals surface area contributed by atoms with Gasteiger partial charge in [-0.05, 0) is 31.1 Å². The Bertz CT molecular complexity index is 450. The maximum absolute atomic E-state index is 5.74. The molecule has 1 atom stereocenters. The van der Waals surface area contributed by atoms with E-state index in [2.05, 4.69) is 33.3 Å². The topological polar surface area (TPSA) is 29.0 Å². The summed E-state index contributed by atoms with van der Waals surface area (Å²) in [4.78, 5) is 2.23. The lowest BCUT2D eigenvalue weighted by molar-refractivity contribution is 0.646. The number of aromatic nitrogens is 2. The highest BCUT2D eigenvalue weighted by Gasteiger charge is 2.29. The summed E-state index contributed by atoms with van der Waals surface area (Å²) in [5.41, 5.74) is 1.36. The minimum absolute atomic E-state index is 0.442. The minimum Gasteiger partial charge on any atom is -0.328 e. The van der Waals surface area contributed by atoms with Crippen LogP contribution in [-0.2, 0) is 0 Å². The number of rotatable bonds is 1. The molecule has 0 aromatic carbocycles. The fourth-order valence-corrected chi connectivity index (χ4v) is 2.46. The first-order valence-electron chi connectivity index (χ1n) is 5.48. The number of hydrogen-bond acceptors (Lipinski definition) is 3. The Morgan fingerprint density at radius 3 is 3.06 bits per heavy atom. The first-order valence-corrected chi connectivity index (χ1v) is 5.86. The van der Waals surface area contributed by atoms with Crippen molar-refractivity contribution < 1.29 is 0 Å². The van der Waals surface area contributed by atoms with E-state index in [1.807, 2.05) is 6.07 Å². The van der Waals surface area contributed by atoms with Gasteiger partial charge in [0.2, 0.25) is 0 Å². The van der Waals surface area contributed by atoms with Crippen LogP contribution >= 0.6 is 11.6 Å². The molecule has 1 aliphatic heterocycles. The summed E-state index contributed by atoms with van der Waals surface area (Å²) >= 11 is 5.74. The van der Waals surface area contributed by atoms with Crippen LogP contribution in [0.2, 0.25) is 5.15 Å². The van der Waals surface area contributed by atoms with E-state index in [1.165, 1.54) is 12.1 Å². The van der Waals surface area contributed by atoms with Crippen LogP contribution in [0.1, 0.15) is 12.8 Å². The van der Waals surface area contributed by atoms with Crippen molar-refractivity contribution in [2.45, 2.75) is 12.8 Å². The number of anilines is 1. The molecule has 3 nitrogen and oxygen atoms in total. The molecule has 0 amide bonds. The first kappa shape index (κ1) is 9.85. The minimum atomic E-state index is 0.442. The first-order chi connectivity index (χ1) is 7.84. The lowest BCUT2D eigenvalue weighted by Crippen LogP contribution is -2.19. The highest BCUT2D eigenvalue weighted by Crippen LogP contribution is 2.35. The highest BCUT2D eigenvalue weighted by atomic mass is 35.5. The van der Waals surface area contributed by atoms with Crippen molar-refractivity contribution in [2.24, 2.45) is 5.92 Å². The second-order valence-corrected chi connectivity index (χ2v) is 4.49. The zero-order valence-corrected chi connectivity index (χ0v) is 9.56. The quantitative estimate of drug-likeness (QED) is 0.747. The van der Waals surface area contributed by atoms with E-state index < -0.39 is 0 Å². The molecule has 2 aliphatic rings. The molecule has 1 aliphatic carbocycles. The number of allylic oxidation sites excluding steroid dienone is 4. The molecule has 0 spiro atoms. The van der Waals surface area contributed by atoms with Gasteiger partial charge in [-0.3, -0.25) is 0 Å². The van der Waals surface area contributed by atoms with Gasteiger partial charge in [0.15, 0.2) is 11.0 Å². The van der Waals surface area contributed by atoms with Gasteiger partial charge in [0.25, 0.3) is 0 Å². The largest absolute Gasteiger partial charge is 0.328 e. The SMILES string of the molecule is Clc1ccc(N2CCC3CC=CC=C32)nn1. The molecule has 2 heterocycles. The molecule has 1 fully saturated rings. The van der Waals surface area contributed by atoms with Gasteiger partial charge in [-0.2, -0.15) is 0 Å². The molecule has 3 rings (SSSR count). The summed E-state index contributed by atoms with van der Waals surface area (Å²) in [6.07, 6.45) is 8.86. The van der Waals surface area contributed by atoms with Crippen LogP contribution in [0.5, 0.6) is 0 Å². The number of halogens is 1. The van der Waals surface area contributed by atoms with Gasteiger partial charge >= 0.3 is 0 Å². The Hall–Kier alpha value is -1.35. The van der Waals surface area contributed by atoms with Gasteiger partial charge in [-0.25, -0.2) is 0 Å². The zero-order valence-electron chi connectivity index (χ0n) is 8.81. The van der Waals surface area contributed by atoms with Crippen LogP contribution in [-0.4, -0.2) is 16.7 Å². The second-order valence-electron chi connectivity index (χ2n) is 4.11. The monoisotopic (exact) mass is 233 g/mol. The van der Waals surface area contributed by atoms with Crippen LogP contribution in [0.25, 0.3) is 0 Å². The molecular formula is C12H12ClN3. The molecule has 0 bridgehead atoms. The zero-order chi connectivity index (χ0) is 11.0. The van der Waals surface area contributed by atoms with Crippen LogP contribution in [0.4, 0.5) is 5.82 Å². The summed E-state index contributed by atoms with van der Waals surface area (Å²) in [6.45, 7) is 1.02. The van der Waals surface area contributed by atoms with Gasteiger partial charge < -0.3 is 4.90 Å². The summed E-state index contributed by atoms with van der Waals surface area (Å²) in [6, 6.07) is 3.72.